The molecule has 0 bridgehead atoms. The van der Waals surface area contributed by atoms with E-state index in [0.717, 1.165) is 19.5 Å². The number of amides is 2. The van der Waals surface area contributed by atoms with Gasteiger partial charge in [-0.25, -0.2) is 0 Å². The van der Waals surface area contributed by atoms with Gasteiger partial charge in [-0.3, -0.25) is 9.59 Å². The van der Waals surface area contributed by atoms with E-state index in [1.165, 1.54) is 5.69 Å². The first-order valence-electron chi connectivity index (χ1n) is 10.5. The van der Waals surface area contributed by atoms with Crippen LogP contribution in [0.15, 0.2) is 54.6 Å². The lowest BCUT2D eigenvalue weighted by molar-refractivity contribution is -0.134. The summed E-state index contributed by atoms with van der Waals surface area (Å²) in [6.45, 7) is 6.97. The van der Waals surface area contributed by atoms with E-state index in [2.05, 4.69) is 22.3 Å². The normalized spacial score (nSPS) is 15.5. The van der Waals surface area contributed by atoms with Gasteiger partial charge in [0.05, 0.1) is 7.11 Å². The number of carbonyl (C=O) groups excluding carboxylic acids is 2. The van der Waals surface area contributed by atoms with Crippen LogP contribution in [0.25, 0.3) is 0 Å². The van der Waals surface area contributed by atoms with Crippen LogP contribution in [-0.2, 0) is 4.79 Å². The molecule has 1 N–H and O–H groups in total. The van der Waals surface area contributed by atoms with Crippen LogP contribution in [0.5, 0.6) is 5.75 Å². The van der Waals surface area contributed by atoms with Crippen LogP contribution in [-0.4, -0.2) is 56.0 Å². The molecule has 2 amide bonds. The maximum atomic E-state index is 13.3. The summed E-state index contributed by atoms with van der Waals surface area (Å²) in [5.74, 6) is 0.427. The van der Waals surface area contributed by atoms with Gasteiger partial charge in [-0.2, -0.15) is 0 Å². The van der Waals surface area contributed by atoms with Crippen LogP contribution in [0.3, 0.4) is 0 Å². The number of anilines is 1. The standard InChI is InChI=1S/C24H31N3O3/c1-18(2)22(25-23(28)19-10-12-21(30-3)13-11-19)24(29)27-15-7-14-26(16-17-27)20-8-5-4-6-9-20/h4-6,8-13,18,22H,7,14-17H2,1-3H3,(H,25,28). The number of ether oxygens (including phenoxy) is 1. The molecule has 0 radical (unpaired) electrons. The lowest BCUT2D eigenvalue weighted by Gasteiger charge is -2.29. The molecule has 1 atom stereocenters. The Morgan fingerprint density at radius 1 is 0.933 bits per heavy atom. The fourth-order valence-corrected chi connectivity index (χ4v) is 3.71. The number of rotatable bonds is 6. The molecule has 1 fully saturated rings. The van der Waals surface area contributed by atoms with Crippen molar-refractivity contribution in [1.82, 2.24) is 10.2 Å². The van der Waals surface area contributed by atoms with Gasteiger partial charge in [0.1, 0.15) is 11.8 Å². The van der Waals surface area contributed by atoms with Gasteiger partial charge in [-0.1, -0.05) is 32.0 Å². The molecular formula is C24H31N3O3. The fourth-order valence-electron chi connectivity index (χ4n) is 3.71. The van der Waals surface area contributed by atoms with Crippen molar-refractivity contribution in [3.05, 3.63) is 60.2 Å². The minimum Gasteiger partial charge on any atom is -0.497 e. The maximum absolute atomic E-state index is 13.3. The first-order chi connectivity index (χ1) is 14.5. The van der Waals surface area contributed by atoms with E-state index in [0.29, 0.717) is 24.4 Å². The highest BCUT2D eigenvalue weighted by Gasteiger charge is 2.30. The van der Waals surface area contributed by atoms with Crippen molar-refractivity contribution in [1.29, 1.82) is 0 Å². The Morgan fingerprint density at radius 2 is 1.63 bits per heavy atom. The zero-order chi connectivity index (χ0) is 21.5. The number of methoxy groups -OCH3 is 1. The topological polar surface area (TPSA) is 61.9 Å². The average molecular weight is 410 g/mol. The highest BCUT2D eigenvalue weighted by atomic mass is 16.5. The molecular weight excluding hydrogens is 378 g/mol. The predicted octanol–water partition coefficient (Wildman–Crippen LogP) is 3.19. The number of benzene rings is 2. The van der Waals surface area contributed by atoms with Gasteiger partial charge in [0, 0.05) is 37.4 Å². The second-order valence-electron chi connectivity index (χ2n) is 7.93. The maximum Gasteiger partial charge on any atom is 0.251 e. The Morgan fingerprint density at radius 3 is 2.27 bits per heavy atom. The van der Waals surface area contributed by atoms with Crippen molar-refractivity contribution < 1.29 is 14.3 Å². The Hall–Kier alpha value is -3.02. The second kappa shape index (κ2) is 10.1. The van der Waals surface area contributed by atoms with E-state index >= 15 is 0 Å². The van der Waals surface area contributed by atoms with Gasteiger partial charge < -0.3 is 19.9 Å². The second-order valence-corrected chi connectivity index (χ2v) is 7.93. The molecule has 0 aliphatic carbocycles. The third-order valence-corrected chi connectivity index (χ3v) is 5.50. The summed E-state index contributed by atoms with van der Waals surface area (Å²) < 4.78 is 5.14. The van der Waals surface area contributed by atoms with Gasteiger partial charge in [-0.15, -0.1) is 0 Å². The summed E-state index contributed by atoms with van der Waals surface area (Å²) in [6.07, 6.45) is 0.901. The minimum absolute atomic E-state index is 0.00632. The third kappa shape index (κ3) is 5.32. The first kappa shape index (κ1) is 21.7. The molecule has 0 aromatic heterocycles. The monoisotopic (exact) mass is 409 g/mol. The number of hydrogen-bond acceptors (Lipinski definition) is 4. The molecule has 1 unspecified atom stereocenters. The van der Waals surface area contributed by atoms with E-state index in [-0.39, 0.29) is 17.7 Å². The molecule has 30 heavy (non-hydrogen) atoms. The van der Waals surface area contributed by atoms with E-state index < -0.39 is 6.04 Å². The number of nitrogens with zero attached hydrogens (tertiary/aromatic N) is 2. The Kier molecular flexibility index (Phi) is 7.33. The minimum atomic E-state index is -0.553. The van der Waals surface area contributed by atoms with Crippen molar-refractivity contribution >= 4 is 17.5 Å². The van der Waals surface area contributed by atoms with E-state index in [1.54, 1.807) is 31.4 Å². The van der Waals surface area contributed by atoms with Crippen LogP contribution in [0.4, 0.5) is 5.69 Å². The van der Waals surface area contributed by atoms with Crippen LogP contribution in [0, 0.1) is 5.92 Å². The Balaban J connectivity index is 1.65. The predicted molar refractivity (Wildman–Crippen MR) is 119 cm³/mol. The molecule has 1 aliphatic rings. The summed E-state index contributed by atoms with van der Waals surface area (Å²) >= 11 is 0. The summed E-state index contributed by atoms with van der Waals surface area (Å²) in [7, 11) is 1.59. The summed E-state index contributed by atoms with van der Waals surface area (Å²) in [5.41, 5.74) is 1.69. The van der Waals surface area contributed by atoms with Crippen molar-refractivity contribution in [2.24, 2.45) is 5.92 Å². The number of nitrogens with one attached hydrogen (secondary N) is 1. The third-order valence-electron chi connectivity index (χ3n) is 5.50. The number of carbonyl (C=O) groups is 2. The van der Waals surface area contributed by atoms with Gasteiger partial charge >= 0.3 is 0 Å². The SMILES string of the molecule is COc1ccc(C(=O)NC(C(=O)N2CCCN(c3ccccc3)CC2)C(C)C)cc1. The Labute approximate surface area is 178 Å². The number of para-hydroxylation sites is 1. The first-order valence-corrected chi connectivity index (χ1v) is 10.5. The molecule has 1 aliphatic heterocycles. The largest absolute Gasteiger partial charge is 0.497 e. The molecule has 0 saturated carbocycles. The summed E-state index contributed by atoms with van der Waals surface area (Å²) in [4.78, 5) is 30.2. The van der Waals surface area contributed by atoms with Crippen LogP contribution in [0.1, 0.15) is 30.6 Å². The fraction of sp³-hybridized carbons (Fsp3) is 0.417. The Bertz CT molecular complexity index is 837. The molecule has 1 saturated heterocycles. The van der Waals surface area contributed by atoms with E-state index in [1.807, 2.05) is 36.9 Å². The molecule has 2 aromatic carbocycles. The van der Waals surface area contributed by atoms with E-state index in [4.69, 9.17) is 4.74 Å². The van der Waals surface area contributed by atoms with Gasteiger partial charge in [0.15, 0.2) is 0 Å². The van der Waals surface area contributed by atoms with Crippen LogP contribution < -0.4 is 15.0 Å². The van der Waals surface area contributed by atoms with Crippen LogP contribution in [0.2, 0.25) is 0 Å². The molecule has 6 nitrogen and oxygen atoms in total. The molecule has 3 rings (SSSR count). The molecule has 2 aromatic rings. The van der Waals surface area contributed by atoms with Crippen molar-refractivity contribution in [2.45, 2.75) is 26.3 Å². The van der Waals surface area contributed by atoms with Crippen LogP contribution >= 0.6 is 0 Å². The molecule has 1 heterocycles. The zero-order valence-electron chi connectivity index (χ0n) is 18.0. The highest BCUT2D eigenvalue weighted by molar-refractivity contribution is 5.97. The van der Waals surface area contributed by atoms with Gasteiger partial charge in [-0.05, 0) is 48.7 Å². The lowest BCUT2D eigenvalue weighted by Crippen LogP contribution is -2.52. The highest BCUT2D eigenvalue weighted by Crippen LogP contribution is 2.17. The van der Waals surface area contributed by atoms with Gasteiger partial charge in [0.25, 0.3) is 5.91 Å². The lowest BCUT2D eigenvalue weighted by atomic mass is 10.0. The van der Waals surface area contributed by atoms with Crippen molar-refractivity contribution in [2.75, 3.05) is 38.2 Å². The average Bonchev–Trinajstić information content (AvgIpc) is 3.03. The molecule has 6 heteroatoms. The van der Waals surface area contributed by atoms with Crippen molar-refractivity contribution in [3.63, 3.8) is 0 Å². The summed E-state index contributed by atoms with van der Waals surface area (Å²) in [5, 5.41) is 2.95. The van der Waals surface area contributed by atoms with Gasteiger partial charge in [0.2, 0.25) is 5.91 Å². The number of hydrogen-bond donors (Lipinski definition) is 1. The summed E-state index contributed by atoms with van der Waals surface area (Å²) in [6, 6.07) is 16.6. The van der Waals surface area contributed by atoms with E-state index in [9.17, 15) is 9.59 Å². The molecule has 160 valence electrons. The van der Waals surface area contributed by atoms with Crippen molar-refractivity contribution in [3.8, 4) is 5.75 Å². The molecule has 0 spiro atoms. The smallest absolute Gasteiger partial charge is 0.251 e. The quantitative estimate of drug-likeness (QED) is 0.796. The zero-order valence-corrected chi connectivity index (χ0v) is 18.0.